The quantitative estimate of drug-likeness (QED) is 0.250. The van der Waals surface area contributed by atoms with Crippen LogP contribution in [0, 0.1) is 0 Å². The summed E-state index contributed by atoms with van der Waals surface area (Å²) in [6, 6.07) is 11.5. The number of rotatable bonds is 11. The molecule has 1 aliphatic rings. The number of thiophene rings is 1. The Labute approximate surface area is 188 Å². The Morgan fingerprint density at radius 2 is 1.87 bits per heavy atom. The molecule has 1 fully saturated rings. The van der Waals surface area contributed by atoms with Crippen molar-refractivity contribution in [3.8, 4) is 0 Å². The molecule has 5 nitrogen and oxygen atoms in total. The standard InChI is InChI=1S/C25H31NO4S/c1-3-4-5-9-22(27)18-10-12-20(13-11-18)26-19(14-17-24(26)28)7-6-8-21-15-16-23(31-21)25(29)30-2/h10-13,15-16,19H,3-9,14,17H2,1-2H3/t19-/m0/s1. The number of hydrogen-bond acceptors (Lipinski definition) is 5. The molecule has 0 aliphatic carbocycles. The molecule has 3 rings (SSSR count). The van der Waals surface area contributed by atoms with Gasteiger partial charge in [0.05, 0.1) is 7.11 Å². The number of ketones is 1. The molecule has 0 spiro atoms. The van der Waals surface area contributed by atoms with Gasteiger partial charge in [-0.3, -0.25) is 9.59 Å². The molecule has 0 bridgehead atoms. The first-order valence-electron chi connectivity index (χ1n) is 11.2. The maximum absolute atomic E-state index is 12.5. The Hall–Kier alpha value is -2.47. The number of esters is 1. The first-order valence-corrected chi connectivity index (χ1v) is 12.0. The zero-order chi connectivity index (χ0) is 22.2. The van der Waals surface area contributed by atoms with Crippen molar-refractivity contribution in [3.63, 3.8) is 0 Å². The third kappa shape index (κ3) is 6.03. The summed E-state index contributed by atoms with van der Waals surface area (Å²) < 4.78 is 4.76. The zero-order valence-electron chi connectivity index (χ0n) is 18.4. The molecule has 1 aromatic heterocycles. The lowest BCUT2D eigenvalue weighted by atomic mass is 10.0. The summed E-state index contributed by atoms with van der Waals surface area (Å²) in [6.45, 7) is 2.13. The van der Waals surface area contributed by atoms with Crippen LogP contribution in [0.4, 0.5) is 5.69 Å². The van der Waals surface area contributed by atoms with Crippen LogP contribution >= 0.6 is 11.3 Å². The summed E-state index contributed by atoms with van der Waals surface area (Å²) in [5.41, 5.74) is 1.60. The SMILES string of the molecule is CCCCCC(=O)c1ccc(N2C(=O)CC[C@@H]2CCCc2ccc(C(=O)OC)s2)cc1. The number of methoxy groups -OCH3 is 1. The van der Waals surface area contributed by atoms with E-state index in [-0.39, 0.29) is 23.7 Å². The van der Waals surface area contributed by atoms with Crippen molar-refractivity contribution in [2.24, 2.45) is 0 Å². The van der Waals surface area contributed by atoms with E-state index in [0.717, 1.165) is 61.1 Å². The highest BCUT2D eigenvalue weighted by Crippen LogP contribution is 2.30. The van der Waals surface area contributed by atoms with E-state index in [0.29, 0.717) is 17.7 Å². The molecule has 6 heteroatoms. The fourth-order valence-corrected chi connectivity index (χ4v) is 5.06. The number of carbonyl (C=O) groups excluding carboxylic acids is 3. The van der Waals surface area contributed by atoms with Gasteiger partial charge >= 0.3 is 5.97 Å². The molecule has 0 N–H and O–H groups in total. The Kier molecular flexibility index (Phi) is 8.41. The van der Waals surface area contributed by atoms with E-state index in [1.165, 1.54) is 18.4 Å². The van der Waals surface area contributed by atoms with E-state index in [1.807, 2.05) is 41.3 Å². The molecule has 31 heavy (non-hydrogen) atoms. The van der Waals surface area contributed by atoms with Gasteiger partial charge in [0.2, 0.25) is 5.91 Å². The van der Waals surface area contributed by atoms with Gasteiger partial charge in [-0.05, 0) is 68.5 Å². The lowest BCUT2D eigenvalue weighted by Gasteiger charge is -2.25. The van der Waals surface area contributed by atoms with E-state index >= 15 is 0 Å². The van der Waals surface area contributed by atoms with Crippen molar-refractivity contribution in [1.82, 2.24) is 0 Å². The molecule has 166 valence electrons. The molecule has 2 heterocycles. The van der Waals surface area contributed by atoms with Gasteiger partial charge in [-0.2, -0.15) is 0 Å². The van der Waals surface area contributed by atoms with Crippen LogP contribution in [-0.4, -0.2) is 30.8 Å². The molecule has 1 amide bonds. The molecule has 0 unspecified atom stereocenters. The summed E-state index contributed by atoms with van der Waals surface area (Å²) in [5, 5.41) is 0. The zero-order valence-corrected chi connectivity index (χ0v) is 19.2. The fourth-order valence-electron chi connectivity index (χ4n) is 4.09. The van der Waals surface area contributed by atoms with Gasteiger partial charge in [0.1, 0.15) is 4.88 Å². The minimum absolute atomic E-state index is 0.149. The van der Waals surface area contributed by atoms with Crippen LogP contribution in [0.1, 0.15) is 83.2 Å². The van der Waals surface area contributed by atoms with Crippen molar-refractivity contribution in [3.05, 3.63) is 51.7 Å². The lowest BCUT2D eigenvalue weighted by molar-refractivity contribution is -0.117. The second kappa shape index (κ2) is 11.2. The van der Waals surface area contributed by atoms with Gasteiger partial charge in [0, 0.05) is 35.0 Å². The van der Waals surface area contributed by atoms with Gasteiger partial charge in [0.25, 0.3) is 0 Å². The fraction of sp³-hybridized carbons (Fsp3) is 0.480. The third-order valence-electron chi connectivity index (χ3n) is 5.81. The molecule has 2 aromatic rings. The first kappa shape index (κ1) is 23.2. The predicted octanol–water partition coefficient (Wildman–Crippen LogP) is 5.82. The van der Waals surface area contributed by atoms with E-state index in [2.05, 4.69) is 6.92 Å². The molecular weight excluding hydrogens is 410 g/mol. The molecular formula is C25H31NO4S. The normalized spacial score (nSPS) is 16.0. The summed E-state index contributed by atoms with van der Waals surface area (Å²) in [5.74, 6) is 0.0267. The number of amides is 1. The third-order valence-corrected chi connectivity index (χ3v) is 6.93. The van der Waals surface area contributed by atoms with Crippen LogP contribution in [0.15, 0.2) is 36.4 Å². The maximum Gasteiger partial charge on any atom is 0.348 e. The van der Waals surface area contributed by atoms with Gasteiger partial charge in [0.15, 0.2) is 5.78 Å². The van der Waals surface area contributed by atoms with E-state index in [4.69, 9.17) is 4.74 Å². The van der Waals surface area contributed by atoms with Crippen molar-refractivity contribution >= 4 is 34.7 Å². The number of anilines is 1. The number of unbranched alkanes of at least 4 members (excludes halogenated alkanes) is 2. The molecule has 1 atom stereocenters. The topological polar surface area (TPSA) is 63.7 Å². The number of carbonyl (C=O) groups is 3. The van der Waals surface area contributed by atoms with E-state index in [1.54, 1.807) is 0 Å². The van der Waals surface area contributed by atoms with Gasteiger partial charge in [-0.1, -0.05) is 19.8 Å². The highest BCUT2D eigenvalue weighted by Gasteiger charge is 2.31. The van der Waals surface area contributed by atoms with E-state index in [9.17, 15) is 14.4 Å². The predicted molar refractivity (Wildman–Crippen MR) is 124 cm³/mol. The van der Waals surface area contributed by atoms with Crippen molar-refractivity contribution in [2.45, 2.75) is 70.8 Å². The number of aryl methyl sites for hydroxylation is 1. The van der Waals surface area contributed by atoms with Crippen LogP contribution in [0.2, 0.25) is 0 Å². The van der Waals surface area contributed by atoms with Crippen molar-refractivity contribution in [2.75, 3.05) is 12.0 Å². The van der Waals surface area contributed by atoms with Gasteiger partial charge in [-0.15, -0.1) is 11.3 Å². The second-order valence-corrected chi connectivity index (χ2v) is 9.20. The molecule has 0 radical (unpaired) electrons. The Balaban J connectivity index is 1.56. The van der Waals surface area contributed by atoms with E-state index < -0.39 is 0 Å². The average molecular weight is 442 g/mol. The highest BCUT2D eigenvalue weighted by atomic mass is 32.1. The number of Topliss-reactive ketones (excluding diaryl/α,β-unsaturated/α-hetero) is 1. The minimum Gasteiger partial charge on any atom is -0.465 e. The van der Waals surface area contributed by atoms with Crippen LogP contribution in [0.3, 0.4) is 0 Å². The molecule has 1 aromatic carbocycles. The van der Waals surface area contributed by atoms with Crippen molar-refractivity contribution in [1.29, 1.82) is 0 Å². The number of ether oxygens (including phenoxy) is 1. The summed E-state index contributed by atoms with van der Waals surface area (Å²) in [7, 11) is 1.39. The molecule has 1 aliphatic heterocycles. The van der Waals surface area contributed by atoms with Gasteiger partial charge in [-0.25, -0.2) is 4.79 Å². The Bertz CT molecular complexity index is 903. The summed E-state index contributed by atoms with van der Waals surface area (Å²) in [4.78, 5) is 40.1. The average Bonchev–Trinajstić information content (AvgIpc) is 3.40. The largest absolute Gasteiger partial charge is 0.465 e. The Morgan fingerprint density at radius 1 is 1.10 bits per heavy atom. The first-order chi connectivity index (χ1) is 15.0. The Morgan fingerprint density at radius 3 is 2.58 bits per heavy atom. The minimum atomic E-state index is -0.295. The number of hydrogen-bond donors (Lipinski definition) is 0. The van der Waals surface area contributed by atoms with Crippen LogP contribution in [0.25, 0.3) is 0 Å². The maximum atomic E-state index is 12.5. The van der Waals surface area contributed by atoms with Crippen LogP contribution in [0.5, 0.6) is 0 Å². The summed E-state index contributed by atoms with van der Waals surface area (Å²) >= 11 is 1.47. The monoisotopic (exact) mass is 441 g/mol. The van der Waals surface area contributed by atoms with Gasteiger partial charge < -0.3 is 9.64 Å². The summed E-state index contributed by atoms with van der Waals surface area (Å²) in [6.07, 6.45) is 7.84. The number of benzene rings is 1. The van der Waals surface area contributed by atoms with Crippen LogP contribution in [-0.2, 0) is 16.0 Å². The smallest absolute Gasteiger partial charge is 0.348 e. The molecule has 1 saturated heterocycles. The van der Waals surface area contributed by atoms with Crippen molar-refractivity contribution < 1.29 is 19.1 Å². The number of nitrogens with zero attached hydrogens (tertiary/aromatic N) is 1. The van der Waals surface area contributed by atoms with Crippen LogP contribution < -0.4 is 4.90 Å². The molecule has 0 saturated carbocycles. The highest BCUT2D eigenvalue weighted by molar-refractivity contribution is 7.13. The lowest BCUT2D eigenvalue weighted by Crippen LogP contribution is -2.32. The second-order valence-electron chi connectivity index (χ2n) is 8.03.